The molecule has 0 radical (unpaired) electrons. The quantitative estimate of drug-likeness (QED) is 0.790. The standard InChI is InChI=1S/C18H23BFN3O2/c1-6-23-12-14(16(22-23)13-8-7-9-21-11-13)10-15(20)19-24-17(2,3)18(4,5)25-19/h7-12H,6H2,1-5H3. The molecule has 3 rings (SSSR count). The lowest BCUT2D eigenvalue weighted by molar-refractivity contribution is 0.00578. The van der Waals surface area contributed by atoms with Crippen molar-refractivity contribution in [1.29, 1.82) is 0 Å². The molecule has 0 atom stereocenters. The number of halogens is 1. The monoisotopic (exact) mass is 343 g/mol. The lowest BCUT2D eigenvalue weighted by Gasteiger charge is -2.32. The van der Waals surface area contributed by atoms with Gasteiger partial charge in [0.05, 0.1) is 11.2 Å². The van der Waals surface area contributed by atoms with Crippen LogP contribution in [0.1, 0.15) is 40.2 Å². The molecule has 3 heterocycles. The first-order chi connectivity index (χ1) is 11.7. The maximum Gasteiger partial charge on any atom is 0.525 e. The normalized spacial score (nSPS) is 19.4. The molecule has 0 amide bonds. The van der Waals surface area contributed by atoms with Crippen molar-refractivity contribution in [3.8, 4) is 11.3 Å². The van der Waals surface area contributed by atoms with Crippen molar-refractivity contribution in [1.82, 2.24) is 14.8 Å². The van der Waals surface area contributed by atoms with E-state index in [0.717, 1.165) is 5.56 Å². The molecule has 0 aromatic carbocycles. The molecule has 1 aliphatic heterocycles. The molecular formula is C18H23BFN3O2. The second-order valence-electron chi connectivity index (χ2n) is 7.15. The van der Waals surface area contributed by atoms with Crippen molar-refractivity contribution in [2.45, 2.75) is 52.4 Å². The van der Waals surface area contributed by atoms with Gasteiger partial charge in [-0.2, -0.15) is 5.10 Å². The molecule has 0 spiro atoms. The van der Waals surface area contributed by atoms with Gasteiger partial charge in [-0.25, -0.2) is 4.39 Å². The van der Waals surface area contributed by atoms with Crippen molar-refractivity contribution in [2.24, 2.45) is 0 Å². The number of aryl methyl sites for hydroxylation is 1. The van der Waals surface area contributed by atoms with Gasteiger partial charge in [0.15, 0.2) is 0 Å². The van der Waals surface area contributed by atoms with Gasteiger partial charge in [-0.15, -0.1) is 0 Å². The number of nitrogens with zero attached hydrogens (tertiary/aromatic N) is 3. The number of pyridine rings is 1. The van der Waals surface area contributed by atoms with Crippen molar-refractivity contribution in [3.05, 3.63) is 42.0 Å². The smallest absolute Gasteiger partial charge is 0.398 e. The highest BCUT2D eigenvalue weighted by molar-refractivity contribution is 6.54. The van der Waals surface area contributed by atoms with E-state index in [1.807, 2.05) is 52.9 Å². The second-order valence-corrected chi connectivity index (χ2v) is 7.15. The fraction of sp³-hybridized carbons (Fsp3) is 0.444. The summed E-state index contributed by atoms with van der Waals surface area (Å²) in [5, 5.41) is 4.52. The van der Waals surface area contributed by atoms with Gasteiger partial charge in [-0.05, 0) is 52.8 Å². The minimum Gasteiger partial charge on any atom is -0.398 e. The molecule has 2 aromatic rings. The van der Waals surface area contributed by atoms with Gasteiger partial charge in [0.2, 0.25) is 0 Å². The molecule has 7 heteroatoms. The van der Waals surface area contributed by atoms with Crippen molar-refractivity contribution in [2.75, 3.05) is 0 Å². The fourth-order valence-corrected chi connectivity index (χ4v) is 2.60. The maximum absolute atomic E-state index is 14.8. The molecule has 2 aromatic heterocycles. The number of rotatable bonds is 4. The summed E-state index contributed by atoms with van der Waals surface area (Å²) in [6, 6.07) is 3.73. The Morgan fingerprint density at radius 2 is 1.96 bits per heavy atom. The van der Waals surface area contributed by atoms with Gasteiger partial charge in [0.1, 0.15) is 11.4 Å². The minimum absolute atomic E-state index is 0.473. The van der Waals surface area contributed by atoms with Crippen LogP contribution in [0.25, 0.3) is 17.3 Å². The maximum atomic E-state index is 14.8. The summed E-state index contributed by atoms with van der Waals surface area (Å²) in [6.07, 6.45) is 6.66. The Balaban J connectivity index is 1.95. The van der Waals surface area contributed by atoms with E-state index in [1.54, 1.807) is 17.1 Å². The molecule has 0 bridgehead atoms. The topological polar surface area (TPSA) is 49.2 Å². The molecule has 132 valence electrons. The Kier molecular flexibility index (Phi) is 4.55. The van der Waals surface area contributed by atoms with E-state index < -0.39 is 24.0 Å². The Bertz CT molecular complexity index is 771. The Hall–Kier alpha value is -1.99. The van der Waals surface area contributed by atoms with E-state index in [2.05, 4.69) is 10.1 Å². The first-order valence-corrected chi connectivity index (χ1v) is 8.44. The van der Waals surface area contributed by atoms with Crippen molar-refractivity contribution < 1.29 is 13.7 Å². The molecule has 5 nitrogen and oxygen atoms in total. The molecule has 1 fully saturated rings. The first kappa shape index (κ1) is 17.8. The van der Waals surface area contributed by atoms with Crippen LogP contribution in [0.15, 0.2) is 36.4 Å². The van der Waals surface area contributed by atoms with Crippen LogP contribution in [0, 0.1) is 0 Å². The third kappa shape index (κ3) is 3.39. The highest BCUT2D eigenvalue weighted by Crippen LogP contribution is 2.39. The van der Waals surface area contributed by atoms with E-state index in [9.17, 15) is 4.39 Å². The summed E-state index contributed by atoms with van der Waals surface area (Å²) in [5.74, 6) is 0. The van der Waals surface area contributed by atoms with Crippen LogP contribution in [0.3, 0.4) is 0 Å². The summed E-state index contributed by atoms with van der Waals surface area (Å²) in [5.41, 5.74) is 0.552. The van der Waals surface area contributed by atoms with Crippen LogP contribution in [-0.4, -0.2) is 33.1 Å². The van der Waals surface area contributed by atoms with Crippen molar-refractivity contribution in [3.63, 3.8) is 0 Å². The van der Waals surface area contributed by atoms with Crippen LogP contribution in [0.4, 0.5) is 4.39 Å². The van der Waals surface area contributed by atoms with Gasteiger partial charge in [0.25, 0.3) is 0 Å². The molecule has 0 aliphatic carbocycles. The average Bonchev–Trinajstić information content (AvgIpc) is 3.06. The Morgan fingerprint density at radius 1 is 1.28 bits per heavy atom. The van der Waals surface area contributed by atoms with Crippen LogP contribution in [-0.2, 0) is 15.9 Å². The van der Waals surface area contributed by atoms with E-state index in [0.29, 0.717) is 17.8 Å². The first-order valence-electron chi connectivity index (χ1n) is 8.44. The number of hydrogen-bond donors (Lipinski definition) is 0. The zero-order chi connectivity index (χ0) is 18.2. The fourth-order valence-electron chi connectivity index (χ4n) is 2.60. The molecule has 0 saturated carbocycles. The van der Waals surface area contributed by atoms with Gasteiger partial charge >= 0.3 is 7.12 Å². The molecular weight excluding hydrogens is 320 g/mol. The second kappa shape index (κ2) is 6.39. The van der Waals surface area contributed by atoms with Crippen LogP contribution in [0.5, 0.6) is 0 Å². The third-order valence-electron chi connectivity index (χ3n) is 4.82. The minimum atomic E-state index is -1.02. The average molecular weight is 343 g/mol. The van der Waals surface area contributed by atoms with E-state index in [-0.39, 0.29) is 0 Å². The van der Waals surface area contributed by atoms with Gasteiger partial charge < -0.3 is 9.31 Å². The number of hydrogen-bond acceptors (Lipinski definition) is 4. The van der Waals surface area contributed by atoms with Crippen molar-refractivity contribution >= 4 is 13.2 Å². The highest BCUT2D eigenvalue weighted by atomic mass is 19.1. The van der Waals surface area contributed by atoms with Crippen LogP contribution < -0.4 is 0 Å². The van der Waals surface area contributed by atoms with E-state index in [1.165, 1.54) is 6.08 Å². The summed E-state index contributed by atoms with van der Waals surface area (Å²) < 4.78 is 28.2. The zero-order valence-corrected chi connectivity index (χ0v) is 15.3. The third-order valence-corrected chi connectivity index (χ3v) is 4.82. The lowest BCUT2D eigenvalue weighted by Crippen LogP contribution is -2.41. The lowest BCUT2D eigenvalue weighted by atomic mass is 9.86. The Labute approximate surface area is 148 Å². The van der Waals surface area contributed by atoms with Gasteiger partial charge in [-0.3, -0.25) is 9.67 Å². The van der Waals surface area contributed by atoms with Gasteiger partial charge in [0, 0.05) is 36.3 Å². The van der Waals surface area contributed by atoms with E-state index in [4.69, 9.17) is 9.31 Å². The molecule has 1 aliphatic rings. The summed E-state index contributed by atoms with van der Waals surface area (Å²) >= 11 is 0. The van der Waals surface area contributed by atoms with Crippen LogP contribution >= 0.6 is 0 Å². The molecule has 25 heavy (non-hydrogen) atoms. The van der Waals surface area contributed by atoms with E-state index >= 15 is 0 Å². The SMILES string of the molecule is CCn1cc(C=C(F)B2OC(C)(C)C(C)(C)O2)c(-c2cccnc2)n1. The largest absolute Gasteiger partial charge is 0.525 e. The summed E-state index contributed by atoms with van der Waals surface area (Å²) in [6.45, 7) is 10.3. The predicted molar refractivity (Wildman–Crippen MR) is 96.3 cm³/mol. The Morgan fingerprint density at radius 3 is 2.52 bits per heavy atom. The summed E-state index contributed by atoms with van der Waals surface area (Å²) in [7, 11) is -1.02. The zero-order valence-electron chi connectivity index (χ0n) is 15.3. The summed E-state index contributed by atoms with van der Waals surface area (Å²) in [4.78, 5) is 4.12. The van der Waals surface area contributed by atoms with Crippen LogP contribution in [0.2, 0.25) is 0 Å². The van der Waals surface area contributed by atoms with Gasteiger partial charge in [-0.1, -0.05) is 0 Å². The predicted octanol–water partition coefficient (Wildman–Crippen LogP) is 3.91. The number of aromatic nitrogens is 3. The highest BCUT2D eigenvalue weighted by Gasteiger charge is 2.53. The molecule has 0 N–H and O–H groups in total. The molecule has 0 unspecified atom stereocenters. The molecule has 1 saturated heterocycles.